The minimum absolute atomic E-state index is 0.720. The number of hydrogen-bond acceptors (Lipinski definition) is 3. The van der Waals surface area contributed by atoms with Crippen molar-refractivity contribution < 1.29 is 0 Å². The molecule has 1 aromatic heterocycles. The van der Waals surface area contributed by atoms with Crippen LogP contribution in [0.3, 0.4) is 0 Å². The van der Waals surface area contributed by atoms with Crippen LogP contribution >= 0.6 is 0 Å². The molecular formula is C12H24N4. The van der Waals surface area contributed by atoms with Crippen LogP contribution in [-0.4, -0.2) is 21.7 Å². The highest BCUT2D eigenvalue weighted by molar-refractivity contribution is 4.90. The topological polar surface area (TPSA) is 67.6 Å². The second-order valence-corrected chi connectivity index (χ2v) is 4.34. The highest BCUT2D eigenvalue weighted by Crippen LogP contribution is 2.14. The van der Waals surface area contributed by atoms with Crippen molar-refractivity contribution in [3.8, 4) is 0 Å². The summed E-state index contributed by atoms with van der Waals surface area (Å²) in [4.78, 5) is 4.47. The maximum atomic E-state index is 5.58. The van der Waals surface area contributed by atoms with Crippen molar-refractivity contribution in [3.05, 3.63) is 11.6 Å². The summed E-state index contributed by atoms with van der Waals surface area (Å²) in [6.07, 6.45) is 6.54. The van der Waals surface area contributed by atoms with Gasteiger partial charge in [-0.3, -0.25) is 5.10 Å². The molecule has 4 nitrogen and oxygen atoms in total. The molecule has 0 spiro atoms. The van der Waals surface area contributed by atoms with Crippen LogP contribution in [0.5, 0.6) is 0 Å². The normalized spacial score (nSPS) is 12.9. The first-order valence-electron chi connectivity index (χ1n) is 6.40. The molecule has 0 aliphatic carbocycles. The van der Waals surface area contributed by atoms with Gasteiger partial charge in [0.2, 0.25) is 0 Å². The van der Waals surface area contributed by atoms with Crippen molar-refractivity contribution in [1.29, 1.82) is 0 Å². The molecule has 0 amide bonds. The first-order chi connectivity index (χ1) is 7.80. The largest absolute Gasteiger partial charge is 0.330 e. The van der Waals surface area contributed by atoms with Gasteiger partial charge in [0.15, 0.2) is 5.82 Å². The van der Waals surface area contributed by atoms with Gasteiger partial charge in [0.25, 0.3) is 0 Å². The first-order valence-corrected chi connectivity index (χ1v) is 6.40. The lowest BCUT2D eigenvalue weighted by molar-refractivity contribution is 0.439. The van der Waals surface area contributed by atoms with Crippen molar-refractivity contribution >= 4 is 0 Å². The minimum atomic E-state index is 0.720. The molecule has 0 saturated heterocycles. The molecule has 0 aliphatic heterocycles. The lowest BCUT2D eigenvalue weighted by Gasteiger charge is -2.11. The number of nitrogens with zero attached hydrogens (tertiary/aromatic N) is 2. The van der Waals surface area contributed by atoms with E-state index in [9.17, 15) is 0 Å². The van der Waals surface area contributed by atoms with Crippen LogP contribution in [0.4, 0.5) is 0 Å². The standard InChI is InChI=1S/C12H24N4/c1-3-5-11-14-12(16-15-11)7-6-10(4-2)8-9-13/h10H,3-9,13H2,1-2H3,(H,14,15,16). The molecule has 0 aromatic carbocycles. The lowest BCUT2D eigenvalue weighted by Crippen LogP contribution is -2.09. The third-order valence-corrected chi connectivity index (χ3v) is 2.99. The molecule has 1 unspecified atom stereocenters. The summed E-state index contributed by atoms with van der Waals surface area (Å²) in [5.41, 5.74) is 5.58. The Morgan fingerprint density at radius 3 is 2.69 bits per heavy atom. The van der Waals surface area contributed by atoms with Gasteiger partial charge in [-0.1, -0.05) is 20.3 Å². The molecule has 4 heteroatoms. The van der Waals surface area contributed by atoms with Crippen LogP contribution in [0.2, 0.25) is 0 Å². The fourth-order valence-corrected chi connectivity index (χ4v) is 1.92. The zero-order valence-corrected chi connectivity index (χ0v) is 10.5. The minimum Gasteiger partial charge on any atom is -0.330 e. The van der Waals surface area contributed by atoms with E-state index in [0.717, 1.165) is 56.2 Å². The molecule has 0 aliphatic rings. The summed E-state index contributed by atoms with van der Waals surface area (Å²) in [6.45, 7) is 5.16. The second kappa shape index (κ2) is 7.39. The van der Waals surface area contributed by atoms with Crippen LogP contribution in [0.25, 0.3) is 0 Å². The Morgan fingerprint density at radius 1 is 1.25 bits per heavy atom. The van der Waals surface area contributed by atoms with Crippen molar-refractivity contribution in [2.24, 2.45) is 11.7 Å². The van der Waals surface area contributed by atoms with E-state index in [2.05, 4.69) is 29.0 Å². The Morgan fingerprint density at radius 2 is 2.06 bits per heavy atom. The Kier molecular flexibility index (Phi) is 6.08. The van der Waals surface area contributed by atoms with Gasteiger partial charge in [-0.15, -0.1) is 0 Å². The van der Waals surface area contributed by atoms with Crippen LogP contribution in [0.1, 0.15) is 51.2 Å². The van der Waals surface area contributed by atoms with E-state index in [1.165, 1.54) is 6.42 Å². The Labute approximate surface area is 98.0 Å². The van der Waals surface area contributed by atoms with Crippen LogP contribution in [-0.2, 0) is 12.8 Å². The number of rotatable bonds is 8. The van der Waals surface area contributed by atoms with Gasteiger partial charge < -0.3 is 5.73 Å². The van der Waals surface area contributed by atoms with E-state index in [0.29, 0.717) is 0 Å². The Hall–Kier alpha value is -0.900. The highest BCUT2D eigenvalue weighted by atomic mass is 15.2. The molecule has 1 rings (SSSR count). The lowest BCUT2D eigenvalue weighted by atomic mass is 9.96. The predicted molar refractivity (Wildman–Crippen MR) is 66.2 cm³/mol. The van der Waals surface area contributed by atoms with Gasteiger partial charge in [-0.05, 0) is 31.7 Å². The smallest absolute Gasteiger partial charge is 0.150 e. The number of nitrogens with one attached hydrogen (secondary N) is 1. The number of aryl methyl sites for hydroxylation is 2. The van der Waals surface area contributed by atoms with Gasteiger partial charge in [0, 0.05) is 12.8 Å². The quantitative estimate of drug-likeness (QED) is 0.710. The predicted octanol–water partition coefficient (Wildman–Crippen LogP) is 2.06. The molecule has 0 radical (unpaired) electrons. The molecule has 92 valence electrons. The van der Waals surface area contributed by atoms with Crippen LogP contribution in [0, 0.1) is 5.92 Å². The number of aromatic nitrogens is 3. The van der Waals surface area contributed by atoms with E-state index < -0.39 is 0 Å². The molecule has 16 heavy (non-hydrogen) atoms. The van der Waals surface area contributed by atoms with E-state index in [1.807, 2.05) is 0 Å². The molecular weight excluding hydrogens is 200 g/mol. The molecule has 3 N–H and O–H groups in total. The third-order valence-electron chi connectivity index (χ3n) is 2.99. The number of H-pyrrole nitrogens is 1. The van der Waals surface area contributed by atoms with Gasteiger partial charge >= 0.3 is 0 Å². The summed E-state index contributed by atoms with van der Waals surface area (Å²) in [6, 6.07) is 0. The zero-order valence-electron chi connectivity index (χ0n) is 10.5. The van der Waals surface area contributed by atoms with Gasteiger partial charge in [-0.2, -0.15) is 5.10 Å². The SMILES string of the molecule is CCCc1nc(CCC(CC)CCN)n[nH]1. The second-order valence-electron chi connectivity index (χ2n) is 4.34. The first kappa shape index (κ1) is 13.2. The Balaban J connectivity index is 2.34. The van der Waals surface area contributed by atoms with Crippen molar-refractivity contribution in [2.75, 3.05) is 6.54 Å². The Bertz CT molecular complexity index is 282. The third kappa shape index (κ3) is 4.31. The molecule has 0 bridgehead atoms. The van der Waals surface area contributed by atoms with Crippen LogP contribution in [0.15, 0.2) is 0 Å². The van der Waals surface area contributed by atoms with Crippen molar-refractivity contribution in [1.82, 2.24) is 15.2 Å². The van der Waals surface area contributed by atoms with Crippen LogP contribution < -0.4 is 5.73 Å². The fraction of sp³-hybridized carbons (Fsp3) is 0.833. The van der Waals surface area contributed by atoms with Crippen molar-refractivity contribution in [2.45, 2.75) is 52.4 Å². The van der Waals surface area contributed by atoms with Gasteiger partial charge in [0.1, 0.15) is 5.82 Å². The van der Waals surface area contributed by atoms with Crippen molar-refractivity contribution in [3.63, 3.8) is 0 Å². The highest BCUT2D eigenvalue weighted by Gasteiger charge is 2.08. The molecule has 1 aromatic rings. The summed E-state index contributed by atoms with van der Waals surface area (Å²) in [5.74, 6) is 2.70. The maximum Gasteiger partial charge on any atom is 0.150 e. The number of hydrogen-bond donors (Lipinski definition) is 2. The summed E-state index contributed by atoms with van der Waals surface area (Å²) < 4.78 is 0. The molecule has 1 atom stereocenters. The van der Waals surface area contributed by atoms with Gasteiger partial charge in [0.05, 0.1) is 0 Å². The average molecular weight is 224 g/mol. The zero-order chi connectivity index (χ0) is 11.8. The van der Waals surface area contributed by atoms with E-state index in [-0.39, 0.29) is 0 Å². The number of nitrogens with two attached hydrogens (primary N) is 1. The fourth-order valence-electron chi connectivity index (χ4n) is 1.92. The molecule has 0 saturated carbocycles. The van der Waals surface area contributed by atoms with Gasteiger partial charge in [-0.25, -0.2) is 4.98 Å². The summed E-state index contributed by atoms with van der Waals surface area (Å²) in [5, 5.41) is 7.23. The monoisotopic (exact) mass is 224 g/mol. The van der Waals surface area contributed by atoms with E-state index >= 15 is 0 Å². The summed E-state index contributed by atoms with van der Waals surface area (Å²) in [7, 11) is 0. The molecule has 0 fully saturated rings. The average Bonchev–Trinajstić information content (AvgIpc) is 2.72. The number of aromatic amines is 1. The molecule has 1 heterocycles. The van der Waals surface area contributed by atoms with E-state index in [4.69, 9.17) is 5.73 Å². The maximum absolute atomic E-state index is 5.58. The summed E-state index contributed by atoms with van der Waals surface area (Å²) >= 11 is 0. The van der Waals surface area contributed by atoms with E-state index in [1.54, 1.807) is 0 Å².